The molecule has 84 valence electrons. The van der Waals surface area contributed by atoms with Gasteiger partial charge in [0.25, 0.3) is 0 Å². The molecule has 0 radical (unpaired) electrons. The Bertz CT molecular complexity index is 501. The molecule has 16 heavy (non-hydrogen) atoms. The van der Waals surface area contributed by atoms with Crippen LogP contribution in [0.5, 0.6) is 0 Å². The minimum Gasteiger partial charge on any atom is -0.247 e. The van der Waals surface area contributed by atoms with Crippen molar-refractivity contribution < 1.29 is 4.39 Å². The first-order chi connectivity index (χ1) is 7.69. The van der Waals surface area contributed by atoms with E-state index in [0.717, 1.165) is 9.50 Å². The van der Waals surface area contributed by atoms with E-state index in [1.54, 1.807) is 16.9 Å². The average molecular weight is 302 g/mol. The third-order valence-electron chi connectivity index (χ3n) is 2.07. The third kappa shape index (κ3) is 2.62. The van der Waals surface area contributed by atoms with E-state index in [0.29, 0.717) is 12.1 Å². The quantitative estimate of drug-likeness (QED) is 0.817. The fourth-order valence-corrected chi connectivity index (χ4v) is 1.95. The standard InChI is InChI=1S/C10H9BrFN3S/c1-16-10-6-15(14-13-10)5-7-2-3-8(11)4-9(7)12/h2-4,6H,5H2,1H3. The number of nitrogens with zero attached hydrogens (tertiary/aromatic N) is 3. The maximum absolute atomic E-state index is 13.5. The van der Waals surface area contributed by atoms with E-state index in [-0.39, 0.29) is 5.82 Å². The van der Waals surface area contributed by atoms with E-state index in [1.165, 1.54) is 17.8 Å². The molecule has 2 rings (SSSR count). The molecule has 0 spiro atoms. The summed E-state index contributed by atoms with van der Waals surface area (Å²) in [6.07, 6.45) is 3.72. The van der Waals surface area contributed by atoms with E-state index >= 15 is 0 Å². The Kier molecular flexibility index (Phi) is 3.60. The molecule has 0 bridgehead atoms. The second kappa shape index (κ2) is 4.97. The second-order valence-corrected chi connectivity index (χ2v) is 4.94. The van der Waals surface area contributed by atoms with E-state index in [4.69, 9.17) is 0 Å². The van der Waals surface area contributed by atoms with Crippen LogP contribution in [0.25, 0.3) is 0 Å². The maximum Gasteiger partial charge on any atom is 0.138 e. The van der Waals surface area contributed by atoms with Gasteiger partial charge in [-0.25, -0.2) is 9.07 Å². The molecule has 2 aromatic rings. The third-order valence-corrected chi connectivity index (χ3v) is 3.17. The summed E-state index contributed by atoms with van der Waals surface area (Å²) >= 11 is 4.73. The van der Waals surface area contributed by atoms with Gasteiger partial charge in [-0.2, -0.15) is 0 Å². The summed E-state index contributed by atoms with van der Waals surface area (Å²) < 4.78 is 15.9. The molecule has 1 aromatic heterocycles. The van der Waals surface area contributed by atoms with Gasteiger partial charge in [0.15, 0.2) is 0 Å². The molecule has 6 heteroatoms. The Morgan fingerprint density at radius 3 is 2.94 bits per heavy atom. The number of rotatable bonds is 3. The Balaban J connectivity index is 2.20. The normalized spacial score (nSPS) is 10.7. The minimum absolute atomic E-state index is 0.240. The predicted molar refractivity (Wildman–Crippen MR) is 65.0 cm³/mol. The van der Waals surface area contributed by atoms with Crippen LogP contribution in [0.15, 0.2) is 33.9 Å². The van der Waals surface area contributed by atoms with Gasteiger partial charge >= 0.3 is 0 Å². The molecule has 0 unspecified atom stereocenters. The minimum atomic E-state index is -0.240. The van der Waals surface area contributed by atoms with Crippen molar-refractivity contribution in [2.24, 2.45) is 0 Å². The van der Waals surface area contributed by atoms with Gasteiger partial charge < -0.3 is 0 Å². The zero-order valence-corrected chi connectivity index (χ0v) is 10.9. The Morgan fingerprint density at radius 2 is 2.31 bits per heavy atom. The monoisotopic (exact) mass is 301 g/mol. The Hall–Kier alpha value is -0.880. The SMILES string of the molecule is CSc1cn(Cc2ccc(Br)cc2F)nn1. The summed E-state index contributed by atoms with van der Waals surface area (Å²) in [5, 5.41) is 8.67. The van der Waals surface area contributed by atoms with E-state index in [2.05, 4.69) is 26.2 Å². The van der Waals surface area contributed by atoms with Crippen LogP contribution in [0.3, 0.4) is 0 Å². The van der Waals surface area contributed by atoms with Crippen molar-refractivity contribution in [3.05, 3.63) is 40.2 Å². The van der Waals surface area contributed by atoms with E-state index in [9.17, 15) is 4.39 Å². The van der Waals surface area contributed by atoms with Crippen LogP contribution in [0, 0.1) is 5.82 Å². The molecule has 3 nitrogen and oxygen atoms in total. The molecular weight excluding hydrogens is 293 g/mol. The summed E-state index contributed by atoms with van der Waals surface area (Å²) in [5.74, 6) is -0.240. The molecule has 0 fully saturated rings. The molecule has 0 saturated heterocycles. The first-order valence-electron chi connectivity index (χ1n) is 4.57. The fourth-order valence-electron chi connectivity index (χ4n) is 1.28. The van der Waals surface area contributed by atoms with Crippen LogP contribution in [-0.4, -0.2) is 21.2 Å². The van der Waals surface area contributed by atoms with E-state index in [1.807, 2.05) is 12.3 Å². The molecule has 1 aromatic carbocycles. The lowest BCUT2D eigenvalue weighted by molar-refractivity contribution is 0.576. The van der Waals surface area contributed by atoms with Crippen molar-refractivity contribution in [1.29, 1.82) is 0 Å². The van der Waals surface area contributed by atoms with Gasteiger partial charge in [0.2, 0.25) is 0 Å². The van der Waals surface area contributed by atoms with Crippen LogP contribution in [0.4, 0.5) is 4.39 Å². The first-order valence-corrected chi connectivity index (χ1v) is 6.59. The highest BCUT2D eigenvalue weighted by Gasteiger charge is 2.05. The lowest BCUT2D eigenvalue weighted by atomic mass is 10.2. The highest BCUT2D eigenvalue weighted by Crippen LogP contribution is 2.16. The summed E-state index contributed by atoms with van der Waals surface area (Å²) in [7, 11) is 0. The van der Waals surface area contributed by atoms with Gasteiger partial charge in [0.1, 0.15) is 10.8 Å². The Morgan fingerprint density at radius 1 is 1.50 bits per heavy atom. The summed E-state index contributed by atoms with van der Waals surface area (Å²) in [6, 6.07) is 4.99. The summed E-state index contributed by atoms with van der Waals surface area (Å²) in [5.41, 5.74) is 0.598. The lowest BCUT2D eigenvalue weighted by Gasteiger charge is -2.02. The number of thioether (sulfide) groups is 1. The molecular formula is C10H9BrFN3S. The van der Waals surface area contributed by atoms with Gasteiger partial charge in [-0.3, -0.25) is 0 Å². The van der Waals surface area contributed by atoms with Gasteiger partial charge in [-0.1, -0.05) is 27.2 Å². The molecule has 0 N–H and O–H groups in total. The van der Waals surface area contributed by atoms with Gasteiger partial charge in [-0.15, -0.1) is 16.9 Å². The molecule has 0 aliphatic rings. The van der Waals surface area contributed by atoms with Crippen molar-refractivity contribution in [2.45, 2.75) is 11.6 Å². The van der Waals surface area contributed by atoms with Crippen molar-refractivity contribution in [1.82, 2.24) is 15.0 Å². The van der Waals surface area contributed by atoms with Crippen molar-refractivity contribution >= 4 is 27.7 Å². The van der Waals surface area contributed by atoms with Crippen LogP contribution < -0.4 is 0 Å². The highest BCUT2D eigenvalue weighted by molar-refractivity contribution is 9.10. The smallest absolute Gasteiger partial charge is 0.138 e. The molecule has 0 aliphatic heterocycles. The first kappa shape index (κ1) is 11.6. The zero-order chi connectivity index (χ0) is 11.5. The molecule has 0 atom stereocenters. The summed E-state index contributed by atoms with van der Waals surface area (Å²) in [6.45, 7) is 0.396. The topological polar surface area (TPSA) is 30.7 Å². The highest BCUT2D eigenvalue weighted by atomic mass is 79.9. The van der Waals surface area contributed by atoms with Gasteiger partial charge in [-0.05, 0) is 18.4 Å². The largest absolute Gasteiger partial charge is 0.247 e. The number of halogens is 2. The van der Waals surface area contributed by atoms with Gasteiger partial charge in [0.05, 0.1) is 12.7 Å². The maximum atomic E-state index is 13.5. The van der Waals surface area contributed by atoms with E-state index < -0.39 is 0 Å². The van der Waals surface area contributed by atoms with Crippen LogP contribution in [-0.2, 0) is 6.54 Å². The van der Waals surface area contributed by atoms with Crippen molar-refractivity contribution in [3.8, 4) is 0 Å². The van der Waals surface area contributed by atoms with Crippen LogP contribution in [0.2, 0.25) is 0 Å². The lowest BCUT2D eigenvalue weighted by Crippen LogP contribution is -2.02. The number of hydrogen-bond acceptors (Lipinski definition) is 3. The molecule has 1 heterocycles. The average Bonchev–Trinajstić information content (AvgIpc) is 2.70. The number of hydrogen-bond donors (Lipinski definition) is 0. The van der Waals surface area contributed by atoms with Crippen molar-refractivity contribution in [3.63, 3.8) is 0 Å². The number of benzene rings is 1. The predicted octanol–water partition coefficient (Wildman–Crippen LogP) is 2.95. The summed E-state index contributed by atoms with van der Waals surface area (Å²) in [4.78, 5) is 0. The number of aromatic nitrogens is 3. The van der Waals surface area contributed by atoms with Crippen LogP contribution in [0.1, 0.15) is 5.56 Å². The molecule has 0 amide bonds. The second-order valence-electron chi connectivity index (χ2n) is 3.19. The molecule has 0 saturated carbocycles. The van der Waals surface area contributed by atoms with Crippen LogP contribution >= 0.6 is 27.7 Å². The zero-order valence-electron chi connectivity index (χ0n) is 8.52. The fraction of sp³-hybridized carbons (Fsp3) is 0.200. The molecule has 0 aliphatic carbocycles. The Labute approximate surface area is 105 Å². The van der Waals surface area contributed by atoms with Gasteiger partial charge in [0, 0.05) is 10.0 Å². The van der Waals surface area contributed by atoms with Crippen molar-refractivity contribution in [2.75, 3.05) is 6.26 Å².